The van der Waals surface area contributed by atoms with Crippen molar-refractivity contribution in [2.75, 3.05) is 0 Å². The van der Waals surface area contributed by atoms with Crippen LogP contribution in [0.2, 0.25) is 0 Å². The Hall–Kier alpha value is 0.400. The van der Waals surface area contributed by atoms with Gasteiger partial charge in [0.15, 0.2) is 0 Å². The van der Waals surface area contributed by atoms with Gasteiger partial charge in [-0.25, -0.2) is 0 Å². The van der Waals surface area contributed by atoms with Gasteiger partial charge in [-0.15, -0.1) is 24.0 Å². The Bertz CT molecular complexity index is 53.6. The first-order chi connectivity index (χ1) is 2.56. The maximum absolute atomic E-state index is 9.83. The van der Waals surface area contributed by atoms with Crippen molar-refractivity contribution in [2.24, 2.45) is 5.41 Å². The van der Waals surface area contributed by atoms with Crippen LogP contribution in [-0.4, -0.2) is 6.29 Å². The Morgan fingerprint density at radius 3 is 1.43 bits per heavy atom. The second-order valence-corrected chi connectivity index (χ2v) is 2.48. The molecule has 0 aromatic carbocycles. The van der Waals surface area contributed by atoms with Gasteiger partial charge < -0.3 is 4.79 Å². The molecule has 0 bridgehead atoms. The second kappa shape index (κ2) is 3.41. The molecule has 0 aliphatic heterocycles. The van der Waals surface area contributed by atoms with Gasteiger partial charge in [0.2, 0.25) is 0 Å². The minimum Gasteiger partial charge on any atom is -0.303 e. The van der Waals surface area contributed by atoms with Crippen LogP contribution in [0, 0.1) is 5.41 Å². The van der Waals surface area contributed by atoms with E-state index in [4.69, 9.17) is 0 Å². The van der Waals surface area contributed by atoms with E-state index in [-0.39, 0.29) is 29.4 Å². The lowest BCUT2D eigenvalue weighted by Gasteiger charge is -2.03. The zero-order chi connectivity index (χ0) is 5.21. The maximum atomic E-state index is 9.83. The number of hydrogen-bond donors (Lipinski definition) is 0. The van der Waals surface area contributed by atoms with Crippen LogP contribution in [-0.2, 0) is 4.79 Å². The summed E-state index contributed by atoms with van der Waals surface area (Å²) in [5.74, 6) is 0. The molecule has 0 rings (SSSR count). The van der Waals surface area contributed by atoms with Crippen LogP contribution < -0.4 is 0 Å². The van der Waals surface area contributed by atoms with Crippen LogP contribution in [0.5, 0.6) is 0 Å². The molecule has 0 saturated heterocycles. The quantitative estimate of drug-likeness (QED) is 0.444. The third-order valence-electron chi connectivity index (χ3n) is 0.354. The molecule has 0 unspecified atom stereocenters. The van der Waals surface area contributed by atoms with Crippen molar-refractivity contribution in [3.8, 4) is 0 Å². The summed E-state index contributed by atoms with van der Waals surface area (Å²) in [6.45, 7) is 5.62. The monoisotopic (exact) mass is 214 g/mol. The maximum Gasteiger partial charge on any atom is 0.125 e. The molecular weight excluding hydrogens is 203 g/mol. The van der Waals surface area contributed by atoms with E-state index in [1.54, 1.807) is 0 Å². The first kappa shape index (κ1) is 10.4. The van der Waals surface area contributed by atoms with Gasteiger partial charge in [-0.3, -0.25) is 0 Å². The van der Waals surface area contributed by atoms with Crippen molar-refractivity contribution in [3.63, 3.8) is 0 Å². The third-order valence-corrected chi connectivity index (χ3v) is 0.354. The normalized spacial score (nSPS) is 9.57. The minimum absolute atomic E-state index is 0. The average molecular weight is 214 g/mol. The van der Waals surface area contributed by atoms with Gasteiger partial charge >= 0.3 is 0 Å². The standard InChI is InChI=1S/C5H10O.HI/c1-5(2,3)4-6;/h4H,1-3H3;1H. The number of aldehydes is 1. The van der Waals surface area contributed by atoms with E-state index in [1.807, 2.05) is 20.8 Å². The average Bonchev–Trinajstić information content (AvgIpc) is 1.35. The SMILES string of the molecule is CC(C)(C)C=O.I. The van der Waals surface area contributed by atoms with Crippen LogP contribution in [0.4, 0.5) is 0 Å². The van der Waals surface area contributed by atoms with Crippen molar-refractivity contribution in [3.05, 3.63) is 0 Å². The fourth-order valence-electron chi connectivity index (χ4n) is 0. The topological polar surface area (TPSA) is 17.1 Å². The lowest BCUT2D eigenvalue weighted by molar-refractivity contribution is -0.113. The molecule has 7 heavy (non-hydrogen) atoms. The Morgan fingerprint density at radius 2 is 1.43 bits per heavy atom. The van der Waals surface area contributed by atoms with Crippen molar-refractivity contribution >= 4 is 30.3 Å². The van der Waals surface area contributed by atoms with Crippen LogP contribution in [0.3, 0.4) is 0 Å². The predicted octanol–water partition coefficient (Wildman–Crippen LogP) is 1.85. The Labute approximate surface area is 61.5 Å². The van der Waals surface area contributed by atoms with Crippen molar-refractivity contribution in [1.29, 1.82) is 0 Å². The molecule has 0 amide bonds. The molecule has 0 aromatic heterocycles. The zero-order valence-corrected chi connectivity index (χ0v) is 7.22. The Kier molecular flexibility index (Phi) is 5.06. The van der Waals surface area contributed by atoms with Crippen LogP contribution in [0.15, 0.2) is 0 Å². The van der Waals surface area contributed by atoms with Gasteiger partial charge in [-0.2, -0.15) is 0 Å². The summed E-state index contributed by atoms with van der Waals surface area (Å²) in [7, 11) is 0. The third kappa shape index (κ3) is 10.7. The number of carbonyl (C=O) groups excluding carboxylic acids is 1. The van der Waals surface area contributed by atoms with Gasteiger partial charge in [0.1, 0.15) is 6.29 Å². The molecular formula is C5H11IO. The molecule has 0 radical (unpaired) electrons. The van der Waals surface area contributed by atoms with Crippen LogP contribution in [0.25, 0.3) is 0 Å². The highest BCUT2D eigenvalue weighted by atomic mass is 127. The molecule has 0 fully saturated rings. The largest absolute Gasteiger partial charge is 0.303 e. The molecule has 1 nitrogen and oxygen atoms in total. The van der Waals surface area contributed by atoms with Gasteiger partial charge in [0.25, 0.3) is 0 Å². The summed E-state index contributed by atoms with van der Waals surface area (Å²) >= 11 is 0. The molecule has 0 N–H and O–H groups in total. The molecule has 0 aliphatic carbocycles. The highest BCUT2D eigenvalue weighted by Gasteiger charge is 2.04. The molecule has 0 heterocycles. The summed E-state index contributed by atoms with van der Waals surface area (Å²) in [4.78, 5) is 9.83. The summed E-state index contributed by atoms with van der Waals surface area (Å²) in [6, 6.07) is 0. The van der Waals surface area contributed by atoms with Gasteiger partial charge in [-0.1, -0.05) is 20.8 Å². The number of carbonyl (C=O) groups is 1. The summed E-state index contributed by atoms with van der Waals surface area (Å²) in [6.07, 6.45) is 0.938. The Morgan fingerprint density at radius 1 is 1.29 bits per heavy atom. The van der Waals surface area contributed by atoms with E-state index in [2.05, 4.69) is 0 Å². The highest BCUT2D eigenvalue weighted by molar-refractivity contribution is 14.0. The summed E-state index contributed by atoms with van der Waals surface area (Å²) in [5.41, 5.74) is -0.139. The summed E-state index contributed by atoms with van der Waals surface area (Å²) < 4.78 is 0. The van der Waals surface area contributed by atoms with Gasteiger partial charge in [0, 0.05) is 5.41 Å². The molecule has 0 saturated carbocycles. The Balaban J connectivity index is 0. The van der Waals surface area contributed by atoms with E-state index in [0.717, 1.165) is 6.29 Å². The highest BCUT2D eigenvalue weighted by Crippen LogP contribution is 2.05. The number of rotatable bonds is 0. The van der Waals surface area contributed by atoms with E-state index in [1.165, 1.54) is 0 Å². The van der Waals surface area contributed by atoms with Gasteiger partial charge in [0.05, 0.1) is 0 Å². The zero-order valence-electron chi connectivity index (χ0n) is 4.89. The van der Waals surface area contributed by atoms with E-state index >= 15 is 0 Å². The van der Waals surface area contributed by atoms with E-state index in [9.17, 15) is 4.79 Å². The molecule has 0 spiro atoms. The van der Waals surface area contributed by atoms with Gasteiger partial charge in [-0.05, 0) is 0 Å². The smallest absolute Gasteiger partial charge is 0.125 e. The first-order valence-corrected chi connectivity index (χ1v) is 2.02. The molecule has 2 heteroatoms. The number of hydrogen-bond acceptors (Lipinski definition) is 1. The fraction of sp³-hybridized carbons (Fsp3) is 0.800. The van der Waals surface area contributed by atoms with Crippen LogP contribution >= 0.6 is 24.0 Å². The molecule has 44 valence electrons. The van der Waals surface area contributed by atoms with Crippen LogP contribution in [0.1, 0.15) is 20.8 Å². The lowest BCUT2D eigenvalue weighted by Crippen LogP contribution is -2.04. The van der Waals surface area contributed by atoms with E-state index < -0.39 is 0 Å². The van der Waals surface area contributed by atoms with E-state index in [0.29, 0.717) is 0 Å². The summed E-state index contributed by atoms with van der Waals surface area (Å²) in [5, 5.41) is 0. The lowest BCUT2D eigenvalue weighted by atomic mass is 10.0. The number of halogens is 1. The predicted molar refractivity (Wildman–Crippen MR) is 40.9 cm³/mol. The second-order valence-electron chi connectivity index (χ2n) is 2.48. The van der Waals surface area contributed by atoms with Crippen molar-refractivity contribution in [2.45, 2.75) is 20.8 Å². The van der Waals surface area contributed by atoms with Crippen molar-refractivity contribution in [1.82, 2.24) is 0 Å². The molecule has 0 aliphatic rings. The van der Waals surface area contributed by atoms with Crippen molar-refractivity contribution < 1.29 is 4.79 Å². The molecule has 0 atom stereocenters. The minimum atomic E-state index is -0.139. The fourth-order valence-corrected chi connectivity index (χ4v) is 0. The first-order valence-electron chi connectivity index (χ1n) is 2.02. The molecule has 0 aromatic rings.